The molecule has 14 nitrogen and oxygen atoms in total. The molecule has 3 atom stereocenters. The molecule has 4 heterocycles. The number of aryl methyl sites for hydroxylation is 1. The Bertz CT molecular complexity index is 1330. The first-order valence-corrected chi connectivity index (χ1v) is 14.9. The highest BCUT2D eigenvalue weighted by molar-refractivity contribution is 8.02. The molecule has 2 radical (unpaired) electrons. The van der Waals surface area contributed by atoms with Crippen LogP contribution in [-0.2, 0) is 33.4 Å². The summed E-state index contributed by atoms with van der Waals surface area (Å²) in [6, 6.07) is -0.462. The lowest BCUT2D eigenvalue weighted by molar-refractivity contribution is -0.179. The topological polar surface area (TPSA) is 160 Å². The van der Waals surface area contributed by atoms with Crippen LogP contribution in [0.15, 0.2) is 10.5 Å². The van der Waals surface area contributed by atoms with Crippen LogP contribution >= 0.6 is 23.1 Å². The minimum Gasteiger partial charge on any atom is -0.541 e. The third kappa shape index (κ3) is 5.86. The first-order valence-electron chi connectivity index (χ1n) is 13.2. The summed E-state index contributed by atoms with van der Waals surface area (Å²) in [6.45, 7) is 10.2. The fourth-order valence-corrected chi connectivity index (χ4v) is 7.05. The fourth-order valence-electron chi connectivity index (χ4n) is 4.72. The van der Waals surface area contributed by atoms with E-state index in [9.17, 15) is 24.0 Å². The Balaban J connectivity index is 1.55. The largest absolute Gasteiger partial charge is 0.541 e. The monoisotopic (exact) mass is 620 g/mol. The van der Waals surface area contributed by atoms with Gasteiger partial charge in [0.2, 0.25) is 16.4 Å². The second kappa shape index (κ2) is 11.5. The number of ketones is 1. The van der Waals surface area contributed by atoms with E-state index < -0.39 is 51.1 Å². The molecule has 1 aromatic rings. The smallest absolute Gasteiger partial charge is 0.378 e. The van der Waals surface area contributed by atoms with Crippen LogP contribution in [0.3, 0.4) is 0 Å². The number of thioether (sulfide) groups is 1. The van der Waals surface area contributed by atoms with Gasteiger partial charge < -0.3 is 19.1 Å². The standard InChI is InChI=1S/C25H33BN6O8S2/c1-13-28-15(11-41-13)17(29-40-24(5,6)20(35)38-23(2,3)4)16(33)10-14-18(34)30-12-25(21(36)39-26,42-19(14)30)31-8-9-32(27-7)22(31)37/h11,14,19,27H,8-10,12H2,1-7H3/b29-17-/t14-,19-,25-/m1/s1. The Hall–Kier alpha value is -3.18. The molecule has 3 fully saturated rings. The van der Waals surface area contributed by atoms with Crippen molar-refractivity contribution in [1.29, 1.82) is 0 Å². The second-order valence-corrected chi connectivity index (χ2v) is 14.0. The van der Waals surface area contributed by atoms with Gasteiger partial charge in [-0.15, -0.1) is 11.3 Å². The number of oxime groups is 1. The first-order chi connectivity index (χ1) is 19.5. The average Bonchev–Trinajstić information content (AvgIpc) is 3.61. The number of β-lactam (4-membered cyclic amide) rings is 1. The maximum absolute atomic E-state index is 13.6. The number of hydrazine groups is 1. The van der Waals surface area contributed by atoms with Crippen molar-refractivity contribution in [2.24, 2.45) is 11.1 Å². The zero-order valence-electron chi connectivity index (χ0n) is 24.5. The number of nitrogens with zero attached hydrogens (tertiary/aromatic N) is 5. The predicted octanol–water partition coefficient (Wildman–Crippen LogP) is 0.978. The van der Waals surface area contributed by atoms with Crippen molar-refractivity contribution < 1.29 is 38.2 Å². The lowest BCUT2D eigenvalue weighted by atomic mass is 9.90. The molecule has 226 valence electrons. The molecule has 3 aliphatic heterocycles. The molecule has 17 heteroatoms. The fraction of sp³-hybridized carbons (Fsp3) is 0.640. The summed E-state index contributed by atoms with van der Waals surface area (Å²) in [5.41, 5.74) is 0.546. The molecule has 0 aromatic carbocycles. The number of esters is 1. The maximum atomic E-state index is 13.6. The second-order valence-electron chi connectivity index (χ2n) is 11.5. The van der Waals surface area contributed by atoms with Gasteiger partial charge in [-0.05, 0) is 41.5 Å². The van der Waals surface area contributed by atoms with Gasteiger partial charge in [-0.25, -0.2) is 20.0 Å². The van der Waals surface area contributed by atoms with E-state index in [0.29, 0.717) is 11.6 Å². The minimum atomic E-state index is -1.57. The lowest BCUT2D eigenvalue weighted by Crippen LogP contribution is -2.60. The third-order valence-electron chi connectivity index (χ3n) is 6.88. The van der Waals surface area contributed by atoms with Crippen molar-refractivity contribution >= 4 is 66.5 Å². The van der Waals surface area contributed by atoms with Gasteiger partial charge in [-0.1, -0.05) is 16.9 Å². The number of amides is 3. The molecule has 0 aliphatic carbocycles. The Morgan fingerprint density at radius 3 is 2.45 bits per heavy atom. The highest BCUT2D eigenvalue weighted by Crippen LogP contribution is 2.53. The lowest BCUT2D eigenvalue weighted by Gasteiger charge is -2.40. The van der Waals surface area contributed by atoms with Gasteiger partial charge in [0, 0.05) is 25.4 Å². The number of aromatic nitrogens is 1. The van der Waals surface area contributed by atoms with Gasteiger partial charge in [0.1, 0.15) is 11.3 Å². The van der Waals surface area contributed by atoms with E-state index in [0.717, 1.165) is 11.8 Å². The van der Waals surface area contributed by atoms with Crippen LogP contribution in [0.4, 0.5) is 4.79 Å². The molecular formula is C25H33BN6O8S2. The average molecular weight is 621 g/mol. The van der Waals surface area contributed by atoms with Crippen LogP contribution < -0.4 is 5.43 Å². The van der Waals surface area contributed by atoms with Gasteiger partial charge in [-0.2, -0.15) is 0 Å². The molecule has 3 saturated heterocycles. The number of carbonyl (C=O) groups excluding carboxylic acids is 5. The van der Waals surface area contributed by atoms with Crippen molar-refractivity contribution in [2.45, 2.75) is 69.4 Å². The molecule has 3 aliphatic rings. The number of nitrogens with one attached hydrogen (secondary N) is 1. The molecular weight excluding hydrogens is 587 g/mol. The zero-order chi connectivity index (χ0) is 31.2. The van der Waals surface area contributed by atoms with E-state index in [4.69, 9.17) is 17.6 Å². The summed E-state index contributed by atoms with van der Waals surface area (Å²) in [5, 5.41) is 7.07. The van der Waals surface area contributed by atoms with Crippen LogP contribution in [0.5, 0.6) is 0 Å². The van der Waals surface area contributed by atoms with Crippen LogP contribution in [0.25, 0.3) is 0 Å². The first kappa shape index (κ1) is 31.8. The number of Topliss-reactive ketones (excluding diaryl/α,β-unsaturated/α-hetero) is 1. The predicted molar refractivity (Wildman–Crippen MR) is 153 cm³/mol. The van der Waals surface area contributed by atoms with E-state index in [1.807, 2.05) is 0 Å². The van der Waals surface area contributed by atoms with Gasteiger partial charge in [0.25, 0.3) is 0 Å². The summed E-state index contributed by atoms with van der Waals surface area (Å²) in [7, 11) is 6.83. The van der Waals surface area contributed by atoms with Crippen LogP contribution in [0, 0.1) is 12.8 Å². The highest BCUT2D eigenvalue weighted by atomic mass is 32.2. The van der Waals surface area contributed by atoms with E-state index in [1.54, 1.807) is 40.1 Å². The summed E-state index contributed by atoms with van der Waals surface area (Å²) < 4.78 is 9.98. The molecule has 0 bridgehead atoms. The summed E-state index contributed by atoms with van der Waals surface area (Å²) in [6.07, 6.45) is -0.275. The van der Waals surface area contributed by atoms with E-state index in [2.05, 4.69) is 20.2 Å². The number of thiazole rings is 1. The van der Waals surface area contributed by atoms with Crippen LogP contribution in [-0.4, -0.2) is 111 Å². The Kier molecular flexibility index (Phi) is 8.68. The van der Waals surface area contributed by atoms with E-state index in [1.165, 1.54) is 40.0 Å². The Morgan fingerprint density at radius 1 is 1.21 bits per heavy atom. The highest BCUT2D eigenvalue weighted by Gasteiger charge is 2.66. The Labute approximate surface area is 252 Å². The minimum absolute atomic E-state index is 0.134. The number of fused-ring (bicyclic) bond motifs is 1. The summed E-state index contributed by atoms with van der Waals surface area (Å²) in [5.74, 6) is -3.28. The van der Waals surface area contributed by atoms with E-state index in [-0.39, 0.29) is 36.8 Å². The quantitative estimate of drug-likeness (QED) is 0.131. The van der Waals surface area contributed by atoms with Gasteiger partial charge in [0.15, 0.2) is 11.5 Å². The Morgan fingerprint density at radius 2 is 1.90 bits per heavy atom. The molecule has 1 aromatic heterocycles. The van der Waals surface area contributed by atoms with Crippen molar-refractivity contribution in [3.8, 4) is 0 Å². The van der Waals surface area contributed by atoms with Crippen LogP contribution in [0.1, 0.15) is 51.7 Å². The molecule has 0 spiro atoms. The molecule has 3 amide bonds. The molecule has 4 rings (SSSR count). The molecule has 42 heavy (non-hydrogen) atoms. The van der Waals surface area contributed by atoms with Crippen molar-refractivity contribution in [3.05, 3.63) is 16.1 Å². The number of rotatable bonds is 10. The normalized spacial score (nSPS) is 24.5. The number of hydrogen-bond donors (Lipinski definition) is 1. The number of ether oxygens (including phenoxy) is 1. The number of carbonyl (C=O) groups is 5. The number of hydrogen-bond acceptors (Lipinski definition) is 13. The van der Waals surface area contributed by atoms with Crippen molar-refractivity contribution in [3.63, 3.8) is 0 Å². The maximum Gasteiger partial charge on any atom is 0.378 e. The van der Waals surface area contributed by atoms with E-state index >= 15 is 0 Å². The van der Waals surface area contributed by atoms with Gasteiger partial charge >= 0.3 is 26.0 Å². The van der Waals surface area contributed by atoms with Crippen molar-refractivity contribution in [1.82, 2.24) is 25.2 Å². The van der Waals surface area contributed by atoms with Gasteiger partial charge in [-0.3, -0.25) is 24.3 Å². The molecule has 0 saturated carbocycles. The summed E-state index contributed by atoms with van der Waals surface area (Å²) in [4.78, 5) is 76.5. The molecule has 1 N–H and O–H groups in total. The molecule has 0 unspecified atom stereocenters. The van der Waals surface area contributed by atoms with Crippen molar-refractivity contribution in [2.75, 3.05) is 26.7 Å². The third-order valence-corrected chi connectivity index (χ3v) is 9.38. The van der Waals surface area contributed by atoms with Gasteiger partial charge in [0.05, 0.1) is 29.4 Å². The SMILES string of the molecule is [B]OC(=O)[C@@]1(N2CCN(NC)C2=O)CN2C(=O)[C@@H](CC(=O)/C(=N\OC(C)(C)C(=O)OC(C)(C)C)c3csc(C)n3)[C@H]2S1. The van der Waals surface area contributed by atoms with Crippen LogP contribution in [0.2, 0.25) is 0 Å². The zero-order valence-corrected chi connectivity index (χ0v) is 26.1. The summed E-state index contributed by atoms with van der Waals surface area (Å²) >= 11 is 2.34. The number of urea groups is 1.